The highest BCUT2D eigenvalue weighted by molar-refractivity contribution is 7.80. The molecule has 0 aliphatic rings. The lowest BCUT2D eigenvalue weighted by Crippen LogP contribution is -2.35. The van der Waals surface area contributed by atoms with Crippen LogP contribution in [0.3, 0.4) is 0 Å². The van der Waals surface area contributed by atoms with E-state index in [0.717, 1.165) is 0 Å². The molecular formula is C10H12N4O2S. The van der Waals surface area contributed by atoms with Crippen LogP contribution in [0, 0.1) is 0 Å². The molecule has 0 bridgehead atoms. The largest absolute Gasteiger partial charge is 0.389 e. The van der Waals surface area contributed by atoms with E-state index in [4.69, 9.17) is 23.7 Å². The van der Waals surface area contributed by atoms with Gasteiger partial charge in [-0.15, -0.1) is 0 Å². The normalized spacial score (nSPS) is 9.71. The topological polar surface area (TPSA) is 102 Å². The minimum absolute atomic E-state index is 0.155. The number of aromatic nitrogens is 1. The van der Waals surface area contributed by atoms with E-state index in [1.54, 1.807) is 6.07 Å². The molecule has 0 radical (unpaired) electrons. The molecule has 1 heterocycles. The zero-order valence-electron chi connectivity index (χ0n) is 9.21. The number of nitrogens with zero attached hydrogens (tertiary/aromatic N) is 2. The van der Waals surface area contributed by atoms with Crippen molar-refractivity contribution in [2.75, 3.05) is 13.6 Å². The standard InChI is InChI=1S/C10H12N4O2S/c1-14(5-8(11)15)10(16)7-3-2-6(4-13-7)9(12)17/h2-4H,5H2,1H3,(H2,11,15)(H2,12,17). The summed E-state index contributed by atoms with van der Waals surface area (Å²) in [6.07, 6.45) is 1.41. The zero-order chi connectivity index (χ0) is 13.0. The second-order valence-corrected chi connectivity index (χ2v) is 3.86. The number of rotatable bonds is 4. The van der Waals surface area contributed by atoms with E-state index >= 15 is 0 Å². The third kappa shape index (κ3) is 3.49. The number of carbonyl (C=O) groups excluding carboxylic acids is 2. The molecule has 0 saturated carbocycles. The molecule has 1 aromatic rings. The SMILES string of the molecule is CN(CC(N)=O)C(=O)c1ccc(C(N)=S)cn1. The van der Waals surface area contributed by atoms with E-state index < -0.39 is 11.8 Å². The van der Waals surface area contributed by atoms with Gasteiger partial charge >= 0.3 is 0 Å². The molecule has 2 amide bonds. The van der Waals surface area contributed by atoms with Crippen LogP contribution in [-0.4, -0.2) is 40.3 Å². The summed E-state index contributed by atoms with van der Waals surface area (Å²) < 4.78 is 0. The Kier molecular flexibility index (Phi) is 4.11. The molecule has 0 spiro atoms. The lowest BCUT2D eigenvalue weighted by Gasteiger charge is -2.14. The zero-order valence-corrected chi connectivity index (χ0v) is 10.0. The summed E-state index contributed by atoms with van der Waals surface area (Å²) in [4.78, 5) is 27.7. The molecule has 0 aliphatic heterocycles. The van der Waals surface area contributed by atoms with Gasteiger partial charge in [0.1, 0.15) is 10.7 Å². The van der Waals surface area contributed by atoms with E-state index in [-0.39, 0.29) is 17.2 Å². The van der Waals surface area contributed by atoms with Gasteiger partial charge in [0.2, 0.25) is 5.91 Å². The molecular weight excluding hydrogens is 240 g/mol. The molecule has 0 aliphatic carbocycles. The van der Waals surface area contributed by atoms with Crippen molar-refractivity contribution in [3.05, 3.63) is 29.6 Å². The summed E-state index contributed by atoms with van der Waals surface area (Å²) in [7, 11) is 1.47. The van der Waals surface area contributed by atoms with E-state index in [2.05, 4.69) is 4.98 Å². The number of hydrogen-bond donors (Lipinski definition) is 2. The summed E-state index contributed by atoms with van der Waals surface area (Å²) >= 11 is 4.76. The van der Waals surface area contributed by atoms with Crippen LogP contribution in [0.2, 0.25) is 0 Å². The predicted molar refractivity (Wildman–Crippen MR) is 66.3 cm³/mol. The minimum atomic E-state index is -0.583. The molecule has 0 aromatic carbocycles. The van der Waals surface area contributed by atoms with Gasteiger partial charge in [0.15, 0.2) is 0 Å². The number of amides is 2. The summed E-state index contributed by atoms with van der Waals surface area (Å²) in [5.41, 5.74) is 11.2. The Morgan fingerprint density at radius 2 is 2.06 bits per heavy atom. The Morgan fingerprint density at radius 3 is 2.47 bits per heavy atom. The van der Waals surface area contributed by atoms with Crippen LogP contribution in [-0.2, 0) is 4.79 Å². The lowest BCUT2D eigenvalue weighted by molar-refractivity contribution is -0.118. The van der Waals surface area contributed by atoms with Gasteiger partial charge < -0.3 is 16.4 Å². The second kappa shape index (κ2) is 5.35. The molecule has 0 atom stereocenters. The Morgan fingerprint density at radius 1 is 1.41 bits per heavy atom. The summed E-state index contributed by atoms with van der Waals surface area (Å²) in [5.74, 6) is -0.973. The van der Waals surface area contributed by atoms with E-state index in [1.807, 2.05) is 0 Å². The number of pyridine rings is 1. The van der Waals surface area contributed by atoms with Crippen molar-refractivity contribution in [3.63, 3.8) is 0 Å². The van der Waals surface area contributed by atoms with Crippen LogP contribution in [0.25, 0.3) is 0 Å². The van der Waals surface area contributed by atoms with Gasteiger partial charge in [-0.05, 0) is 12.1 Å². The molecule has 4 N–H and O–H groups in total. The first kappa shape index (κ1) is 13.0. The molecule has 7 heteroatoms. The minimum Gasteiger partial charge on any atom is -0.389 e. The Labute approximate surface area is 104 Å². The number of thiocarbonyl (C=S) groups is 1. The number of hydrogen-bond acceptors (Lipinski definition) is 4. The number of likely N-dealkylation sites (N-methyl/N-ethyl adjacent to an activating group) is 1. The molecule has 17 heavy (non-hydrogen) atoms. The molecule has 1 rings (SSSR count). The van der Waals surface area contributed by atoms with E-state index in [1.165, 1.54) is 24.2 Å². The van der Waals surface area contributed by atoms with Gasteiger partial charge in [0.25, 0.3) is 5.91 Å². The smallest absolute Gasteiger partial charge is 0.272 e. The number of primary amides is 1. The van der Waals surface area contributed by atoms with Crippen LogP contribution >= 0.6 is 12.2 Å². The maximum Gasteiger partial charge on any atom is 0.272 e. The van der Waals surface area contributed by atoms with Crippen molar-refractivity contribution < 1.29 is 9.59 Å². The second-order valence-electron chi connectivity index (χ2n) is 3.42. The molecule has 1 aromatic heterocycles. The Balaban J connectivity index is 2.82. The maximum absolute atomic E-state index is 11.8. The summed E-state index contributed by atoms with van der Waals surface area (Å²) in [6.45, 7) is -0.155. The van der Waals surface area contributed by atoms with Crippen LogP contribution in [0.4, 0.5) is 0 Å². The number of carbonyl (C=O) groups is 2. The average molecular weight is 252 g/mol. The van der Waals surface area contributed by atoms with Crippen LogP contribution < -0.4 is 11.5 Å². The van der Waals surface area contributed by atoms with Crippen molar-refractivity contribution in [2.45, 2.75) is 0 Å². The quantitative estimate of drug-likeness (QED) is 0.688. The van der Waals surface area contributed by atoms with Crippen LogP contribution in [0.15, 0.2) is 18.3 Å². The van der Waals surface area contributed by atoms with Gasteiger partial charge in [-0.25, -0.2) is 0 Å². The fourth-order valence-electron chi connectivity index (χ4n) is 1.17. The molecule has 90 valence electrons. The summed E-state index contributed by atoms with van der Waals surface area (Å²) in [5, 5.41) is 0. The van der Waals surface area contributed by atoms with Crippen LogP contribution in [0.1, 0.15) is 16.1 Å². The first-order valence-electron chi connectivity index (χ1n) is 4.71. The Hall–Kier alpha value is -2.02. The van der Waals surface area contributed by atoms with Crippen molar-refractivity contribution in [3.8, 4) is 0 Å². The average Bonchev–Trinajstić information content (AvgIpc) is 2.27. The van der Waals surface area contributed by atoms with E-state index in [9.17, 15) is 9.59 Å². The predicted octanol–water partition coefficient (Wildman–Crippen LogP) is -0.727. The van der Waals surface area contributed by atoms with Gasteiger partial charge in [0.05, 0.1) is 6.54 Å². The third-order valence-corrected chi connectivity index (χ3v) is 2.24. The Bertz CT molecular complexity index is 458. The van der Waals surface area contributed by atoms with Crippen molar-refractivity contribution in [1.29, 1.82) is 0 Å². The maximum atomic E-state index is 11.8. The van der Waals surface area contributed by atoms with Crippen LogP contribution in [0.5, 0.6) is 0 Å². The molecule has 0 fully saturated rings. The highest BCUT2D eigenvalue weighted by Crippen LogP contribution is 2.03. The van der Waals surface area contributed by atoms with Crippen molar-refractivity contribution in [2.24, 2.45) is 11.5 Å². The van der Waals surface area contributed by atoms with Gasteiger partial charge in [-0.1, -0.05) is 12.2 Å². The molecule has 0 unspecified atom stereocenters. The fraction of sp³-hybridized carbons (Fsp3) is 0.200. The highest BCUT2D eigenvalue weighted by atomic mass is 32.1. The van der Waals surface area contributed by atoms with Gasteiger partial charge in [-0.2, -0.15) is 0 Å². The highest BCUT2D eigenvalue weighted by Gasteiger charge is 2.14. The van der Waals surface area contributed by atoms with Gasteiger partial charge in [-0.3, -0.25) is 14.6 Å². The molecule has 6 nitrogen and oxygen atoms in total. The summed E-state index contributed by atoms with van der Waals surface area (Å²) in [6, 6.07) is 3.09. The van der Waals surface area contributed by atoms with Crippen molar-refractivity contribution in [1.82, 2.24) is 9.88 Å². The lowest BCUT2D eigenvalue weighted by atomic mass is 10.2. The number of nitrogens with two attached hydrogens (primary N) is 2. The van der Waals surface area contributed by atoms with Crippen molar-refractivity contribution >= 4 is 29.0 Å². The monoisotopic (exact) mass is 252 g/mol. The van der Waals surface area contributed by atoms with Gasteiger partial charge in [0, 0.05) is 18.8 Å². The molecule has 0 saturated heterocycles. The third-order valence-electron chi connectivity index (χ3n) is 2.01. The van der Waals surface area contributed by atoms with E-state index in [0.29, 0.717) is 5.56 Å². The first-order chi connectivity index (χ1) is 7.91. The first-order valence-corrected chi connectivity index (χ1v) is 5.12. The fourth-order valence-corrected chi connectivity index (χ4v) is 1.29.